The van der Waals surface area contributed by atoms with Gasteiger partial charge < -0.3 is 10.3 Å². The molecule has 0 atom stereocenters. The molecule has 7 heteroatoms. The first-order valence-electron chi connectivity index (χ1n) is 3.08. The molecule has 0 fully saturated rings. The molecule has 0 aliphatic carbocycles. The summed E-state index contributed by atoms with van der Waals surface area (Å²) in [7, 11) is -4.44. The number of nitrogens with two attached hydrogens (primary N) is 1. The van der Waals surface area contributed by atoms with Gasteiger partial charge in [0.15, 0.2) is 0 Å². The number of nitrogen functional groups attached to an aromatic ring is 1. The van der Waals surface area contributed by atoms with Crippen LogP contribution in [0.4, 0.5) is 5.69 Å². The van der Waals surface area contributed by atoms with Crippen LogP contribution in [-0.4, -0.2) is 61.2 Å². The molecule has 0 aromatic heterocycles. The van der Waals surface area contributed by atoms with Crippen LogP contribution in [-0.2, 0) is 4.57 Å². The summed E-state index contributed by atoms with van der Waals surface area (Å²) in [6.45, 7) is 0. The molecule has 0 radical (unpaired) electrons. The minimum atomic E-state index is -4.44. The second kappa shape index (κ2) is 5.48. The van der Waals surface area contributed by atoms with Crippen molar-refractivity contribution in [2.24, 2.45) is 0 Å². The second-order valence-corrected chi connectivity index (χ2v) is 3.31. The number of benzene rings is 1. The molecular formula is C6H9KNO4P. The van der Waals surface area contributed by atoms with Crippen LogP contribution >= 0.6 is 7.82 Å². The van der Waals surface area contributed by atoms with E-state index in [2.05, 4.69) is 4.52 Å². The predicted molar refractivity (Wildman–Crippen MR) is 50.7 cm³/mol. The van der Waals surface area contributed by atoms with Gasteiger partial charge in [-0.3, -0.25) is 9.79 Å². The average molecular weight is 229 g/mol. The minimum absolute atomic E-state index is 0. The number of rotatable bonds is 2. The Labute approximate surface area is 118 Å². The quantitative estimate of drug-likeness (QED) is 0.380. The van der Waals surface area contributed by atoms with Crippen molar-refractivity contribution in [3.63, 3.8) is 0 Å². The summed E-state index contributed by atoms with van der Waals surface area (Å²) in [6.07, 6.45) is 0. The molecule has 0 unspecified atom stereocenters. The third-order valence-corrected chi connectivity index (χ3v) is 1.55. The number of hydrogen-bond acceptors (Lipinski definition) is 3. The molecule has 0 amide bonds. The number of anilines is 1. The Balaban J connectivity index is 0.00000144. The van der Waals surface area contributed by atoms with E-state index in [0.717, 1.165) is 0 Å². The summed E-state index contributed by atoms with van der Waals surface area (Å²) in [5.74, 6) is 0.0949. The molecule has 0 heterocycles. The molecule has 13 heavy (non-hydrogen) atoms. The van der Waals surface area contributed by atoms with Crippen LogP contribution in [0.1, 0.15) is 0 Å². The molecule has 0 saturated carbocycles. The first kappa shape index (κ1) is 13.6. The molecule has 0 saturated heterocycles. The van der Waals surface area contributed by atoms with E-state index < -0.39 is 7.82 Å². The van der Waals surface area contributed by atoms with Crippen molar-refractivity contribution in [1.82, 2.24) is 0 Å². The van der Waals surface area contributed by atoms with E-state index in [1.807, 2.05) is 0 Å². The first-order chi connectivity index (χ1) is 5.47. The normalized spacial score (nSPS) is 10.3. The SMILES string of the molecule is Nc1ccc(OP(=O)(O)O)cc1.[KH]. The van der Waals surface area contributed by atoms with E-state index >= 15 is 0 Å². The molecular weight excluding hydrogens is 220 g/mol. The summed E-state index contributed by atoms with van der Waals surface area (Å²) in [5, 5.41) is 0. The van der Waals surface area contributed by atoms with Crippen LogP contribution in [0.15, 0.2) is 24.3 Å². The van der Waals surface area contributed by atoms with Crippen molar-refractivity contribution in [2.75, 3.05) is 5.73 Å². The molecule has 0 spiro atoms. The van der Waals surface area contributed by atoms with Gasteiger partial charge in [-0.2, -0.15) is 0 Å². The van der Waals surface area contributed by atoms with E-state index in [1.54, 1.807) is 0 Å². The molecule has 4 N–H and O–H groups in total. The standard InChI is InChI=1S/C6H8NO4P.K.H/c7-5-1-3-6(4-2-5)11-12(8,9)10;;/h1-4H,7H2,(H2,8,9,10);;. The van der Waals surface area contributed by atoms with Gasteiger partial charge >= 0.3 is 59.2 Å². The Hall–Kier alpha value is 0.606. The molecule has 0 aliphatic heterocycles. The summed E-state index contributed by atoms with van der Waals surface area (Å²) in [5.41, 5.74) is 5.85. The van der Waals surface area contributed by atoms with Gasteiger partial charge in [0.2, 0.25) is 0 Å². The Morgan fingerprint density at radius 1 is 1.23 bits per heavy atom. The summed E-state index contributed by atoms with van der Waals surface area (Å²) < 4.78 is 14.6. The maximum atomic E-state index is 10.3. The zero-order valence-corrected chi connectivity index (χ0v) is 6.94. The number of hydrogen-bond donors (Lipinski definition) is 3. The molecule has 1 aromatic carbocycles. The van der Waals surface area contributed by atoms with Gasteiger partial charge in [0.25, 0.3) is 0 Å². The van der Waals surface area contributed by atoms with Crippen LogP contribution in [0.2, 0.25) is 0 Å². The summed E-state index contributed by atoms with van der Waals surface area (Å²) >= 11 is 0. The van der Waals surface area contributed by atoms with Crippen LogP contribution in [0.25, 0.3) is 0 Å². The van der Waals surface area contributed by atoms with Crippen LogP contribution in [0.5, 0.6) is 5.75 Å². The van der Waals surface area contributed by atoms with E-state index in [-0.39, 0.29) is 57.1 Å². The Morgan fingerprint density at radius 2 is 1.69 bits per heavy atom. The zero-order chi connectivity index (χ0) is 9.19. The van der Waals surface area contributed by atoms with Crippen molar-refractivity contribution in [3.05, 3.63) is 24.3 Å². The van der Waals surface area contributed by atoms with Gasteiger partial charge in [0, 0.05) is 5.69 Å². The molecule has 0 aliphatic rings. The van der Waals surface area contributed by atoms with Gasteiger partial charge in [0.1, 0.15) is 5.75 Å². The number of phosphoric ester groups is 1. The van der Waals surface area contributed by atoms with Gasteiger partial charge in [-0.1, -0.05) is 0 Å². The fraction of sp³-hybridized carbons (Fsp3) is 0. The molecule has 1 aromatic rings. The summed E-state index contributed by atoms with van der Waals surface area (Å²) in [4.78, 5) is 16.8. The van der Waals surface area contributed by atoms with Crippen molar-refractivity contribution in [1.29, 1.82) is 0 Å². The second-order valence-electron chi connectivity index (χ2n) is 2.15. The van der Waals surface area contributed by atoms with E-state index in [1.165, 1.54) is 24.3 Å². The van der Waals surface area contributed by atoms with Crippen LogP contribution in [0.3, 0.4) is 0 Å². The van der Waals surface area contributed by atoms with Gasteiger partial charge in [-0.05, 0) is 24.3 Å². The molecule has 68 valence electrons. The van der Waals surface area contributed by atoms with E-state index in [9.17, 15) is 4.57 Å². The monoisotopic (exact) mass is 229 g/mol. The Morgan fingerprint density at radius 3 is 2.08 bits per heavy atom. The molecule has 0 bridgehead atoms. The third kappa shape index (κ3) is 5.82. The van der Waals surface area contributed by atoms with Crippen molar-refractivity contribution >= 4 is 64.9 Å². The first-order valence-corrected chi connectivity index (χ1v) is 4.61. The Bertz CT molecular complexity index is 309. The van der Waals surface area contributed by atoms with Gasteiger partial charge in [-0.25, -0.2) is 4.57 Å². The maximum absolute atomic E-state index is 10.3. The predicted octanol–water partition coefficient (Wildman–Crippen LogP) is 0.0918. The van der Waals surface area contributed by atoms with Gasteiger partial charge in [-0.15, -0.1) is 0 Å². The molecule has 1 rings (SSSR count). The number of phosphoric acid groups is 1. The third-order valence-electron chi connectivity index (χ3n) is 1.10. The van der Waals surface area contributed by atoms with Gasteiger partial charge in [0.05, 0.1) is 0 Å². The zero-order valence-electron chi connectivity index (χ0n) is 6.04. The van der Waals surface area contributed by atoms with Crippen molar-refractivity contribution in [3.8, 4) is 5.75 Å². The van der Waals surface area contributed by atoms with Crippen LogP contribution < -0.4 is 10.3 Å². The molecule has 5 nitrogen and oxygen atoms in total. The van der Waals surface area contributed by atoms with E-state index in [4.69, 9.17) is 15.5 Å². The fourth-order valence-electron chi connectivity index (χ4n) is 0.666. The van der Waals surface area contributed by atoms with Crippen LogP contribution in [0, 0.1) is 0 Å². The average Bonchev–Trinajstić information content (AvgIpc) is 1.91. The summed E-state index contributed by atoms with van der Waals surface area (Å²) in [6, 6.07) is 5.75. The van der Waals surface area contributed by atoms with Crippen molar-refractivity contribution < 1.29 is 18.9 Å². The fourth-order valence-corrected chi connectivity index (χ4v) is 1.06. The van der Waals surface area contributed by atoms with Crippen molar-refractivity contribution in [2.45, 2.75) is 0 Å². The van der Waals surface area contributed by atoms with E-state index in [0.29, 0.717) is 5.69 Å². The Kier molecular flexibility index (Phi) is 5.73. The topological polar surface area (TPSA) is 92.8 Å².